The van der Waals surface area contributed by atoms with E-state index >= 15 is 0 Å². The summed E-state index contributed by atoms with van der Waals surface area (Å²) in [6.45, 7) is 0.941. The van der Waals surface area contributed by atoms with E-state index in [9.17, 15) is 20.7 Å². The van der Waals surface area contributed by atoms with Crippen molar-refractivity contribution in [2.45, 2.75) is 11.8 Å². The van der Waals surface area contributed by atoms with Crippen LogP contribution in [0.5, 0.6) is 0 Å². The third-order valence-electron chi connectivity index (χ3n) is 2.51. The molecule has 0 spiro atoms. The van der Waals surface area contributed by atoms with Crippen LogP contribution in [0, 0.1) is 19.3 Å². The molecular formula is C12H14FNO4S2. The Labute approximate surface area is 118 Å². The molecule has 0 amide bonds. The molecule has 1 aromatic rings. The molecule has 0 radical (unpaired) electrons. The highest BCUT2D eigenvalue weighted by atomic mass is 32.3. The van der Waals surface area contributed by atoms with Crippen molar-refractivity contribution in [3.63, 3.8) is 0 Å². The average molecular weight is 319 g/mol. The molecule has 0 unspecified atom stereocenters. The molecule has 1 rings (SSSR count). The normalized spacial score (nSPS) is 12.3. The highest BCUT2D eigenvalue weighted by Gasteiger charge is 2.25. The molecule has 0 saturated carbocycles. The molecule has 0 atom stereocenters. The number of hydrogen-bond donors (Lipinski definition) is 0. The van der Waals surface area contributed by atoms with E-state index in [1.807, 2.05) is 0 Å². The van der Waals surface area contributed by atoms with Gasteiger partial charge in [0, 0.05) is 6.54 Å². The fraction of sp³-hybridized carbons (Fsp3) is 0.333. The summed E-state index contributed by atoms with van der Waals surface area (Å²) in [7, 11) is -8.70. The molecule has 8 heteroatoms. The Morgan fingerprint density at radius 2 is 1.75 bits per heavy atom. The van der Waals surface area contributed by atoms with Crippen LogP contribution < -0.4 is 0 Å². The molecule has 0 aromatic heterocycles. The second-order valence-electron chi connectivity index (χ2n) is 4.10. The predicted molar refractivity (Wildman–Crippen MR) is 73.7 cm³/mol. The van der Waals surface area contributed by atoms with Gasteiger partial charge in [-0.05, 0) is 19.1 Å². The van der Waals surface area contributed by atoms with E-state index in [1.165, 1.54) is 12.1 Å². The lowest BCUT2D eigenvalue weighted by Gasteiger charge is -2.19. The predicted octanol–water partition coefficient (Wildman–Crippen LogP) is 0.918. The Hall–Kier alpha value is -1.43. The van der Waals surface area contributed by atoms with Crippen LogP contribution in [0.25, 0.3) is 0 Å². The van der Waals surface area contributed by atoms with Crippen molar-refractivity contribution in [1.82, 2.24) is 4.31 Å². The van der Waals surface area contributed by atoms with Crippen molar-refractivity contribution in [3.05, 3.63) is 29.8 Å². The number of terminal acetylenes is 1. The van der Waals surface area contributed by atoms with Crippen molar-refractivity contribution >= 4 is 20.2 Å². The number of benzene rings is 1. The van der Waals surface area contributed by atoms with Crippen LogP contribution in [0.2, 0.25) is 0 Å². The highest BCUT2D eigenvalue weighted by Crippen LogP contribution is 2.16. The number of halogens is 1. The van der Waals surface area contributed by atoms with E-state index in [4.69, 9.17) is 6.42 Å². The summed E-state index contributed by atoms with van der Waals surface area (Å²) in [5.41, 5.74) is 0.874. The number of aryl methyl sites for hydroxylation is 1. The summed E-state index contributed by atoms with van der Waals surface area (Å²) in [4.78, 5) is -0.0189. The maximum atomic E-state index is 12.5. The number of rotatable bonds is 6. The van der Waals surface area contributed by atoms with E-state index in [2.05, 4.69) is 5.92 Å². The molecule has 0 saturated heterocycles. The Bertz CT molecular complexity index is 703. The van der Waals surface area contributed by atoms with Gasteiger partial charge in [0.2, 0.25) is 10.0 Å². The van der Waals surface area contributed by atoms with Crippen molar-refractivity contribution in [3.8, 4) is 12.3 Å². The van der Waals surface area contributed by atoms with Gasteiger partial charge in [-0.15, -0.1) is 10.3 Å². The molecule has 5 nitrogen and oxygen atoms in total. The molecule has 0 N–H and O–H groups in total. The second-order valence-corrected chi connectivity index (χ2v) is 7.52. The third kappa shape index (κ3) is 4.59. The average Bonchev–Trinajstić information content (AvgIpc) is 2.33. The Morgan fingerprint density at radius 1 is 1.20 bits per heavy atom. The molecule has 0 bridgehead atoms. The summed E-state index contributed by atoms with van der Waals surface area (Å²) in [6.07, 6.45) is 5.07. The monoisotopic (exact) mass is 319 g/mol. The van der Waals surface area contributed by atoms with E-state index < -0.39 is 32.5 Å². The smallest absolute Gasteiger partial charge is 0.207 e. The summed E-state index contributed by atoms with van der Waals surface area (Å²) >= 11 is 0. The van der Waals surface area contributed by atoms with Crippen LogP contribution in [0.3, 0.4) is 0 Å². The molecule has 0 fully saturated rings. The Morgan fingerprint density at radius 3 is 2.20 bits per heavy atom. The molecule has 110 valence electrons. The van der Waals surface area contributed by atoms with Gasteiger partial charge in [-0.25, -0.2) is 8.42 Å². The minimum atomic E-state index is -4.76. The second kappa shape index (κ2) is 6.35. The fourth-order valence-electron chi connectivity index (χ4n) is 1.46. The van der Waals surface area contributed by atoms with E-state index in [0.717, 1.165) is 9.87 Å². The van der Waals surface area contributed by atoms with Crippen molar-refractivity contribution in [1.29, 1.82) is 0 Å². The van der Waals surface area contributed by atoms with E-state index in [0.29, 0.717) is 0 Å². The van der Waals surface area contributed by atoms with Crippen molar-refractivity contribution in [2.24, 2.45) is 0 Å². The van der Waals surface area contributed by atoms with E-state index in [-0.39, 0.29) is 11.4 Å². The van der Waals surface area contributed by atoms with Gasteiger partial charge in [0.1, 0.15) is 0 Å². The molecule has 0 heterocycles. The first-order valence-corrected chi connectivity index (χ1v) is 8.59. The first kappa shape index (κ1) is 16.6. The summed E-state index contributed by atoms with van der Waals surface area (Å²) < 4.78 is 58.8. The van der Waals surface area contributed by atoms with Crippen LogP contribution >= 0.6 is 0 Å². The SMILES string of the molecule is C#CCN(CCS(=O)(=O)F)S(=O)(=O)c1ccc(C)cc1. The molecule has 20 heavy (non-hydrogen) atoms. The van der Waals surface area contributed by atoms with E-state index in [1.54, 1.807) is 19.1 Å². The summed E-state index contributed by atoms with van der Waals surface area (Å²) in [5.74, 6) is 1.19. The lowest BCUT2D eigenvalue weighted by Crippen LogP contribution is -2.35. The number of sulfonamides is 1. The van der Waals surface area contributed by atoms with Gasteiger partial charge in [0.25, 0.3) is 0 Å². The largest absolute Gasteiger partial charge is 0.303 e. The molecular weight excluding hydrogens is 305 g/mol. The molecule has 1 aromatic carbocycles. The number of hydrogen-bond acceptors (Lipinski definition) is 4. The van der Waals surface area contributed by atoms with Gasteiger partial charge in [-0.1, -0.05) is 23.6 Å². The van der Waals surface area contributed by atoms with Gasteiger partial charge in [0.15, 0.2) is 0 Å². The van der Waals surface area contributed by atoms with Crippen LogP contribution in [0.15, 0.2) is 29.2 Å². The zero-order chi connectivity index (χ0) is 15.4. The first-order chi connectivity index (χ1) is 9.16. The lowest BCUT2D eigenvalue weighted by molar-refractivity contribution is 0.459. The summed E-state index contributed by atoms with van der Waals surface area (Å²) in [6, 6.07) is 5.98. The number of nitrogens with zero attached hydrogens (tertiary/aromatic N) is 1. The lowest BCUT2D eigenvalue weighted by atomic mass is 10.2. The third-order valence-corrected chi connectivity index (χ3v) is 5.04. The quantitative estimate of drug-likeness (QED) is 0.577. The zero-order valence-electron chi connectivity index (χ0n) is 10.8. The topological polar surface area (TPSA) is 71.5 Å². The van der Waals surface area contributed by atoms with Crippen molar-refractivity contribution < 1.29 is 20.7 Å². The Balaban J connectivity index is 3.06. The van der Waals surface area contributed by atoms with Gasteiger partial charge < -0.3 is 0 Å². The Kier molecular flexibility index (Phi) is 5.28. The fourth-order valence-corrected chi connectivity index (χ4v) is 3.36. The van der Waals surface area contributed by atoms with Crippen LogP contribution in [-0.4, -0.2) is 40.0 Å². The molecule has 0 aliphatic heterocycles. The van der Waals surface area contributed by atoms with Crippen LogP contribution in [0.1, 0.15) is 5.56 Å². The van der Waals surface area contributed by atoms with Gasteiger partial charge in [0.05, 0.1) is 17.2 Å². The zero-order valence-corrected chi connectivity index (χ0v) is 12.4. The van der Waals surface area contributed by atoms with Crippen LogP contribution in [0.4, 0.5) is 3.89 Å². The minimum Gasteiger partial charge on any atom is -0.207 e. The molecule has 0 aliphatic carbocycles. The van der Waals surface area contributed by atoms with Gasteiger partial charge >= 0.3 is 10.2 Å². The maximum absolute atomic E-state index is 12.5. The molecule has 0 aliphatic rings. The minimum absolute atomic E-state index is 0.0189. The van der Waals surface area contributed by atoms with Crippen molar-refractivity contribution in [2.75, 3.05) is 18.8 Å². The van der Waals surface area contributed by atoms with Gasteiger partial charge in [-0.2, -0.15) is 12.7 Å². The van der Waals surface area contributed by atoms with Crippen LogP contribution in [-0.2, 0) is 20.2 Å². The highest BCUT2D eigenvalue weighted by molar-refractivity contribution is 7.89. The summed E-state index contributed by atoms with van der Waals surface area (Å²) in [5, 5.41) is 0. The standard InChI is InChI=1S/C12H14FNO4S2/c1-3-8-14(9-10-19(13,15)16)20(17,18)12-6-4-11(2)5-7-12/h1,4-7H,8-10H2,2H3. The maximum Gasteiger partial charge on any atom is 0.303 e. The van der Waals surface area contributed by atoms with Gasteiger partial charge in [-0.3, -0.25) is 0 Å². The first-order valence-electron chi connectivity index (χ1n) is 5.59.